The van der Waals surface area contributed by atoms with Crippen molar-refractivity contribution in [3.05, 3.63) is 107 Å². The van der Waals surface area contributed by atoms with Gasteiger partial charge in [-0.05, 0) is 23.8 Å². The zero-order chi connectivity index (χ0) is 19.8. The fraction of sp³-hybridized carbons (Fsp3) is 0.208. The number of rotatable bonds is 8. The topological polar surface area (TPSA) is 44.8 Å². The lowest BCUT2D eigenvalue weighted by atomic mass is 9.98. The molecule has 144 valence electrons. The Labute approximate surface area is 165 Å². The van der Waals surface area contributed by atoms with Crippen LogP contribution in [0.25, 0.3) is 0 Å². The van der Waals surface area contributed by atoms with Crippen LogP contribution in [-0.4, -0.2) is 25.8 Å². The van der Waals surface area contributed by atoms with Crippen LogP contribution in [0.4, 0.5) is 0 Å². The molecule has 2 aromatic rings. The molecular weight excluding hydrogens is 352 g/mol. The molecule has 1 aliphatic carbocycles. The van der Waals surface area contributed by atoms with Gasteiger partial charge in [0.1, 0.15) is 5.76 Å². The molecule has 1 aliphatic rings. The van der Waals surface area contributed by atoms with Crippen LogP contribution in [0, 0.1) is 0 Å². The number of hydrogen-bond acceptors (Lipinski definition) is 4. The third-order valence-electron chi connectivity index (χ3n) is 4.64. The smallest absolute Gasteiger partial charge is 0.195 e. The Morgan fingerprint density at radius 1 is 1.04 bits per heavy atom. The first-order chi connectivity index (χ1) is 13.7. The fourth-order valence-electron chi connectivity index (χ4n) is 2.98. The SMILES string of the molecule is COC1=C(C=CC(=O)c2ccccc2)C=CC(OC)(OCc2ccccc2)C1. The molecule has 2 aromatic carbocycles. The summed E-state index contributed by atoms with van der Waals surface area (Å²) in [6.45, 7) is 0.424. The van der Waals surface area contributed by atoms with E-state index in [-0.39, 0.29) is 5.78 Å². The minimum absolute atomic E-state index is 0.0548. The predicted octanol–water partition coefficient (Wildman–Crippen LogP) is 4.85. The minimum Gasteiger partial charge on any atom is -0.500 e. The summed E-state index contributed by atoms with van der Waals surface area (Å²) >= 11 is 0. The van der Waals surface area contributed by atoms with E-state index in [4.69, 9.17) is 14.2 Å². The average molecular weight is 376 g/mol. The lowest BCUT2D eigenvalue weighted by Gasteiger charge is -2.33. The molecule has 0 radical (unpaired) electrons. The van der Waals surface area contributed by atoms with Crippen LogP contribution in [0.1, 0.15) is 22.3 Å². The van der Waals surface area contributed by atoms with E-state index in [0.29, 0.717) is 24.4 Å². The second-order valence-corrected chi connectivity index (χ2v) is 6.45. The van der Waals surface area contributed by atoms with Gasteiger partial charge in [-0.25, -0.2) is 0 Å². The number of methoxy groups -OCH3 is 2. The molecule has 0 spiro atoms. The zero-order valence-electron chi connectivity index (χ0n) is 16.1. The Morgan fingerprint density at radius 3 is 2.36 bits per heavy atom. The molecule has 0 fully saturated rings. The molecule has 0 aliphatic heterocycles. The van der Waals surface area contributed by atoms with Gasteiger partial charge in [0.15, 0.2) is 11.6 Å². The van der Waals surface area contributed by atoms with Crippen LogP contribution < -0.4 is 0 Å². The van der Waals surface area contributed by atoms with Crippen LogP contribution in [0.5, 0.6) is 0 Å². The summed E-state index contributed by atoms with van der Waals surface area (Å²) in [5.41, 5.74) is 2.53. The first-order valence-electron chi connectivity index (χ1n) is 9.13. The molecule has 0 N–H and O–H groups in total. The fourth-order valence-corrected chi connectivity index (χ4v) is 2.98. The van der Waals surface area contributed by atoms with E-state index >= 15 is 0 Å². The van der Waals surface area contributed by atoms with Gasteiger partial charge in [0, 0.05) is 18.2 Å². The highest BCUT2D eigenvalue weighted by Gasteiger charge is 2.33. The van der Waals surface area contributed by atoms with Gasteiger partial charge in [-0.15, -0.1) is 0 Å². The Balaban J connectivity index is 1.72. The summed E-state index contributed by atoms with van der Waals surface area (Å²) in [4.78, 5) is 12.3. The van der Waals surface area contributed by atoms with Gasteiger partial charge in [-0.3, -0.25) is 4.79 Å². The first kappa shape index (κ1) is 19.8. The average Bonchev–Trinajstić information content (AvgIpc) is 2.77. The summed E-state index contributed by atoms with van der Waals surface area (Å²) < 4.78 is 17.3. The number of ether oxygens (including phenoxy) is 3. The third-order valence-corrected chi connectivity index (χ3v) is 4.64. The lowest BCUT2D eigenvalue weighted by Crippen LogP contribution is -2.35. The monoisotopic (exact) mass is 376 g/mol. The van der Waals surface area contributed by atoms with Crippen molar-refractivity contribution < 1.29 is 19.0 Å². The Hall–Kier alpha value is -2.95. The molecule has 0 bridgehead atoms. The van der Waals surface area contributed by atoms with Crippen LogP contribution in [0.2, 0.25) is 0 Å². The number of benzene rings is 2. The van der Waals surface area contributed by atoms with Crippen LogP contribution in [0.15, 0.2) is 96.3 Å². The van der Waals surface area contributed by atoms with Crippen molar-refractivity contribution in [3.63, 3.8) is 0 Å². The number of carbonyl (C=O) groups excluding carboxylic acids is 1. The van der Waals surface area contributed by atoms with Crippen molar-refractivity contribution in [2.45, 2.75) is 18.8 Å². The summed E-state index contributed by atoms with van der Waals surface area (Å²) in [6, 6.07) is 19.1. The molecule has 4 heteroatoms. The van der Waals surface area contributed by atoms with Crippen molar-refractivity contribution in [2.24, 2.45) is 0 Å². The van der Waals surface area contributed by atoms with Gasteiger partial charge >= 0.3 is 0 Å². The van der Waals surface area contributed by atoms with Crippen LogP contribution >= 0.6 is 0 Å². The molecule has 0 heterocycles. The van der Waals surface area contributed by atoms with E-state index in [1.165, 1.54) is 0 Å². The van der Waals surface area contributed by atoms with E-state index in [1.54, 1.807) is 38.5 Å². The van der Waals surface area contributed by atoms with Gasteiger partial charge < -0.3 is 14.2 Å². The number of hydrogen-bond donors (Lipinski definition) is 0. The zero-order valence-corrected chi connectivity index (χ0v) is 16.1. The van der Waals surface area contributed by atoms with E-state index in [0.717, 1.165) is 11.1 Å². The molecule has 28 heavy (non-hydrogen) atoms. The van der Waals surface area contributed by atoms with E-state index in [1.807, 2.05) is 60.7 Å². The second kappa shape index (κ2) is 9.31. The van der Waals surface area contributed by atoms with Crippen molar-refractivity contribution >= 4 is 5.78 Å². The maximum Gasteiger partial charge on any atom is 0.195 e. The standard InChI is InChI=1S/C24H24O4/c1-26-23-17-24(27-2,28-18-19-9-5-3-6-10-19)16-15-21(23)13-14-22(25)20-11-7-4-8-12-20/h3-16H,17-18H2,1-2H3. The number of allylic oxidation sites excluding steroid dienone is 4. The molecule has 1 unspecified atom stereocenters. The molecular formula is C24H24O4. The van der Waals surface area contributed by atoms with Gasteiger partial charge in [0.2, 0.25) is 0 Å². The third kappa shape index (κ3) is 4.85. The van der Waals surface area contributed by atoms with Gasteiger partial charge in [0.05, 0.1) is 20.1 Å². The molecule has 0 amide bonds. The van der Waals surface area contributed by atoms with Crippen LogP contribution in [-0.2, 0) is 20.8 Å². The molecule has 0 aromatic heterocycles. The predicted molar refractivity (Wildman–Crippen MR) is 109 cm³/mol. The number of carbonyl (C=O) groups is 1. The van der Waals surface area contributed by atoms with Crippen molar-refractivity contribution in [1.29, 1.82) is 0 Å². The molecule has 0 saturated heterocycles. The summed E-state index contributed by atoms with van der Waals surface area (Å²) in [5.74, 6) is -0.252. The first-order valence-corrected chi connectivity index (χ1v) is 9.13. The maximum atomic E-state index is 12.3. The Morgan fingerprint density at radius 2 is 1.71 bits per heavy atom. The number of ketones is 1. The van der Waals surface area contributed by atoms with Crippen molar-refractivity contribution in [3.8, 4) is 0 Å². The maximum absolute atomic E-state index is 12.3. The van der Waals surface area contributed by atoms with Gasteiger partial charge in [-0.1, -0.05) is 66.7 Å². The van der Waals surface area contributed by atoms with Crippen molar-refractivity contribution in [2.75, 3.05) is 14.2 Å². The summed E-state index contributed by atoms with van der Waals surface area (Å²) in [6.07, 6.45) is 7.47. The largest absolute Gasteiger partial charge is 0.500 e. The minimum atomic E-state index is -0.901. The van der Waals surface area contributed by atoms with E-state index in [2.05, 4.69) is 0 Å². The molecule has 4 nitrogen and oxygen atoms in total. The molecule has 3 rings (SSSR count). The van der Waals surface area contributed by atoms with Gasteiger partial charge in [0.25, 0.3) is 0 Å². The Kier molecular flexibility index (Phi) is 6.58. The van der Waals surface area contributed by atoms with Gasteiger partial charge in [-0.2, -0.15) is 0 Å². The second-order valence-electron chi connectivity index (χ2n) is 6.45. The summed E-state index contributed by atoms with van der Waals surface area (Å²) in [5, 5.41) is 0. The van der Waals surface area contributed by atoms with Crippen molar-refractivity contribution in [1.82, 2.24) is 0 Å². The van der Waals surface area contributed by atoms with Crippen LogP contribution in [0.3, 0.4) is 0 Å². The highest BCUT2D eigenvalue weighted by Crippen LogP contribution is 2.32. The van der Waals surface area contributed by atoms with E-state index < -0.39 is 5.79 Å². The Bertz CT molecular complexity index is 881. The quantitative estimate of drug-likeness (QED) is 0.375. The molecule has 0 saturated carbocycles. The highest BCUT2D eigenvalue weighted by molar-refractivity contribution is 6.04. The normalized spacial score (nSPS) is 19.2. The summed E-state index contributed by atoms with van der Waals surface area (Å²) in [7, 11) is 3.22. The molecule has 1 atom stereocenters. The van der Waals surface area contributed by atoms with E-state index in [9.17, 15) is 4.79 Å². The highest BCUT2D eigenvalue weighted by atomic mass is 16.7. The lowest BCUT2D eigenvalue weighted by molar-refractivity contribution is -0.199.